The van der Waals surface area contributed by atoms with Crippen LogP contribution in [0, 0.1) is 6.92 Å². The Bertz CT molecular complexity index is 2020. The number of nitrogens with one attached hydrogen (secondary N) is 1. The van der Waals surface area contributed by atoms with E-state index in [4.69, 9.17) is 28.5 Å². The zero-order valence-electron chi connectivity index (χ0n) is 29.1. The van der Waals surface area contributed by atoms with E-state index in [1.54, 1.807) is 6.92 Å². The lowest BCUT2D eigenvalue weighted by Crippen LogP contribution is -2.73. The maximum Gasteiger partial charge on any atom is 0.341 e. The number of phenolic OH excluding ortho intramolecular Hbond substituents is 2. The number of ether oxygens (including phenoxy) is 5. The third kappa shape index (κ3) is 4.70. The van der Waals surface area contributed by atoms with Crippen LogP contribution in [-0.2, 0) is 40.5 Å². The molecule has 1 saturated heterocycles. The number of carbonyl (C=O) groups is 5. The summed E-state index contributed by atoms with van der Waals surface area (Å²) in [6, 6.07) is 2.20. The molecular formula is C35H36N2O15. The van der Waals surface area contributed by atoms with Gasteiger partial charge in [-0.2, -0.15) is 0 Å². The molecule has 276 valence electrons. The van der Waals surface area contributed by atoms with Gasteiger partial charge in [-0.25, -0.2) is 4.79 Å². The van der Waals surface area contributed by atoms with E-state index in [1.165, 1.54) is 34.3 Å². The number of oxime groups is 1. The molecule has 7 atom stereocenters. The Balaban J connectivity index is 1.51. The van der Waals surface area contributed by atoms with Gasteiger partial charge >= 0.3 is 5.97 Å². The first-order valence-electron chi connectivity index (χ1n) is 15.9. The Morgan fingerprint density at radius 2 is 1.63 bits per heavy atom. The number of phenols is 2. The number of allylic oxidation sites excluding steroid dienone is 2. The summed E-state index contributed by atoms with van der Waals surface area (Å²) in [5, 5.41) is 53.7. The number of benzene rings is 2. The fourth-order valence-electron chi connectivity index (χ4n) is 7.92. The first-order chi connectivity index (χ1) is 24.6. The molecule has 1 heterocycles. The monoisotopic (exact) mass is 724 g/mol. The van der Waals surface area contributed by atoms with Crippen LogP contribution in [-0.4, -0.2) is 127 Å². The quantitative estimate of drug-likeness (QED) is 0.191. The molecule has 6 rings (SSSR count). The summed E-state index contributed by atoms with van der Waals surface area (Å²) >= 11 is 0. The molecular weight excluding hydrogens is 688 g/mol. The molecule has 5 N–H and O–H groups in total. The van der Waals surface area contributed by atoms with E-state index in [9.17, 15) is 44.4 Å². The van der Waals surface area contributed by atoms with Crippen molar-refractivity contribution in [2.24, 2.45) is 5.16 Å². The van der Waals surface area contributed by atoms with Gasteiger partial charge < -0.3 is 54.3 Å². The van der Waals surface area contributed by atoms with Gasteiger partial charge in [0, 0.05) is 50.5 Å². The average Bonchev–Trinajstić information content (AvgIpc) is 3.09. The summed E-state index contributed by atoms with van der Waals surface area (Å²) in [7, 11) is 6.06. The summed E-state index contributed by atoms with van der Waals surface area (Å²) in [4.78, 5) is 74.5. The number of ketones is 4. The molecule has 2 aromatic rings. The largest absolute Gasteiger partial charge is 0.507 e. The highest BCUT2D eigenvalue weighted by atomic mass is 16.6. The van der Waals surface area contributed by atoms with Crippen molar-refractivity contribution in [1.82, 2.24) is 5.32 Å². The van der Waals surface area contributed by atoms with Crippen LogP contribution in [0.4, 0.5) is 0 Å². The van der Waals surface area contributed by atoms with Crippen molar-refractivity contribution in [3.8, 4) is 11.5 Å². The lowest BCUT2D eigenvalue weighted by Gasteiger charge is -2.52. The number of methoxy groups -OCH3 is 4. The van der Waals surface area contributed by atoms with E-state index in [2.05, 4.69) is 10.5 Å². The molecule has 52 heavy (non-hydrogen) atoms. The summed E-state index contributed by atoms with van der Waals surface area (Å²) in [5.74, 6) is -7.61. The fraction of sp³-hybridized carbons (Fsp3) is 0.429. The molecule has 2 aromatic carbocycles. The van der Waals surface area contributed by atoms with Crippen LogP contribution in [0.15, 0.2) is 29.1 Å². The molecule has 1 fully saturated rings. The zero-order valence-corrected chi connectivity index (χ0v) is 29.1. The number of aryl methyl sites for hydroxylation is 1. The van der Waals surface area contributed by atoms with Crippen LogP contribution in [0.5, 0.6) is 11.5 Å². The standard InChI is InChI=1S/C35H36N2O15/c1-12-8-14-9-19(39)35(50-6)31(44)22-16(30(43)34(35,46)23(14)27(42)20(12)33(45)49-5)10-15-21(26(22)41)18(38)11-17(25(15)40)36-32-29(48-4)24(37-51-7)28(47-3)13(2)52-32/h8,10-11,13,19,28-29,32,36,39,41-42,46H,9H2,1-7H3/t13-,19+,28-,29+,32-,34-,35+/m0/s1. The molecule has 17 heteroatoms. The molecule has 0 bridgehead atoms. The van der Waals surface area contributed by atoms with Crippen LogP contribution in [0.2, 0.25) is 0 Å². The minimum atomic E-state index is -3.23. The highest BCUT2D eigenvalue weighted by Gasteiger charge is 2.72. The minimum Gasteiger partial charge on any atom is -0.507 e. The van der Waals surface area contributed by atoms with Gasteiger partial charge in [-0.3, -0.25) is 19.2 Å². The van der Waals surface area contributed by atoms with E-state index >= 15 is 0 Å². The van der Waals surface area contributed by atoms with Crippen molar-refractivity contribution < 1.29 is 72.9 Å². The Hall–Kier alpha value is -5.04. The third-order valence-electron chi connectivity index (χ3n) is 10.2. The third-order valence-corrected chi connectivity index (χ3v) is 10.2. The number of Topliss-reactive ketones (excluding diaryl/α,β-unsaturated/α-hetero) is 3. The van der Waals surface area contributed by atoms with E-state index in [0.29, 0.717) is 0 Å². The summed E-state index contributed by atoms with van der Waals surface area (Å²) in [5.41, 5.74) is -9.78. The number of aromatic hydroxyl groups is 2. The van der Waals surface area contributed by atoms with Gasteiger partial charge in [0.2, 0.25) is 17.3 Å². The number of aliphatic hydroxyl groups excluding tert-OH is 1. The molecule has 0 saturated carbocycles. The van der Waals surface area contributed by atoms with Gasteiger partial charge in [-0.15, -0.1) is 0 Å². The Morgan fingerprint density at radius 1 is 0.962 bits per heavy atom. The SMILES string of the molecule is CON=C1[C@@H](OC)[C@H](C)O[C@H](NC2=CC(=O)c3c(cc4c(c3O)C(=O)[C@]3(OC)[C@H](O)Cc5cc(C)c(C(=O)OC)c(O)c5[C@]3(O)C4=O)C2=O)[C@@H]1OC. The number of nitrogens with zero attached hydrogens (tertiary/aromatic N) is 1. The van der Waals surface area contributed by atoms with Crippen molar-refractivity contribution in [3.05, 3.63) is 68.4 Å². The highest BCUT2D eigenvalue weighted by Crippen LogP contribution is 2.56. The average molecular weight is 725 g/mol. The lowest BCUT2D eigenvalue weighted by molar-refractivity contribution is -0.181. The maximum atomic E-state index is 14.6. The van der Waals surface area contributed by atoms with Gasteiger partial charge in [0.05, 0.1) is 36.1 Å². The predicted octanol–water partition coefficient (Wildman–Crippen LogP) is 0.392. The predicted molar refractivity (Wildman–Crippen MR) is 175 cm³/mol. The number of rotatable bonds is 7. The number of hydrogen-bond acceptors (Lipinski definition) is 17. The van der Waals surface area contributed by atoms with E-state index < -0.39 is 122 Å². The van der Waals surface area contributed by atoms with Gasteiger partial charge in [-0.1, -0.05) is 11.2 Å². The second-order valence-corrected chi connectivity index (χ2v) is 12.7. The second kappa shape index (κ2) is 12.9. The second-order valence-electron chi connectivity index (χ2n) is 12.7. The molecule has 0 radical (unpaired) electrons. The highest BCUT2D eigenvalue weighted by molar-refractivity contribution is 6.31. The topological polar surface area (TPSA) is 246 Å². The first kappa shape index (κ1) is 36.7. The zero-order chi connectivity index (χ0) is 38.2. The van der Waals surface area contributed by atoms with E-state index in [-0.39, 0.29) is 22.5 Å². The van der Waals surface area contributed by atoms with Crippen molar-refractivity contribution in [2.75, 3.05) is 35.5 Å². The van der Waals surface area contributed by atoms with E-state index in [0.717, 1.165) is 26.4 Å². The fourth-order valence-corrected chi connectivity index (χ4v) is 7.92. The smallest absolute Gasteiger partial charge is 0.341 e. The molecule has 0 spiro atoms. The first-order valence-corrected chi connectivity index (χ1v) is 15.9. The van der Waals surface area contributed by atoms with Crippen LogP contribution in [0.1, 0.15) is 75.4 Å². The van der Waals surface area contributed by atoms with Crippen molar-refractivity contribution >= 4 is 34.8 Å². The molecule has 4 aliphatic rings. The maximum absolute atomic E-state index is 14.6. The van der Waals surface area contributed by atoms with E-state index in [1.807, 2.05) is 0 Å². The molecule has 3 aliphatic carbocycles. The summed E-state index contributed by atoms with van der Waals surface area (Å²) < 4.78 is 27.3. The van der Waals surface area contributed by atoms with Crippen LogP contribution in [0.25, 0.3) is 0 Å². The van der Waals surface area contributed by atoms with Crippen molar-refractivity contribution in [2.45, 2.75) is 62.1 Å². The Labute approximate surface area is 295 Å². The number of aliphatic hydroxyl groups is 2. The van der Waals surface area contributed by atoms with Crippen LogP contribution >= 0.6 is 0 Å². The van der Waals surface area contributed by atoms with Gasteiger partial charge in [-0.05, 0) is 31.0 Å². The normalized spacial score (nSPS) is 30.2. The minimum absolute atomic E-state index is 0.000662. The summed E-state index contributed by atoms with van der Waals surface area (Å²) in [6.07, 6.45) is -5.04. The number of fused-ring (bicyclic) bond motifs is 5. The van der Waals surface area contributed by atoms with Crippen molar-refractivity contribution in [3.63, 3.8) is 0 Å². The van der Waals surface area contributed by atoms with Crippen LogP contribution in [0.3, 0.4) is 0 Å². The van der Waals surface area contributed by atoms with Gasteiger partial charge in [0.1, 0.15) is 42.1 Å². The number of esters is 1. The molecule has 1 aliphatic heterocycles. The number of hydrogen-bond donors (Lipinski definition) is 5. The Kier molecular flexibility index (Phi) is 9.09. The molecule has 0 unspecified atom stereocenters. The van der Waals surface area contributed by atoms with Crippen molar-refractivity contribution in [1.29, 1.82) is 0 Å². The molecule has 0 amide bonds. The Morgan fingerprint density at radius 3 is 2.23 bits per heavy atom. The number of carbonyl (C=O) groups excluding carboxylic acids is 5. The summed E-state index contributed by atoms with van der Waals surface area (Å²) in [6.45, 7) is 3.12. The van der Waals surface area contributed by atoms with Crippen LogP contribution < -0.4 is 5.32 Å². The molecule has 0 aromatic heterocycles. The van der Waals surface area contributed by atoms with Gasteiger partial charge in [0.25, 0.3) is 0 Å². The lowest BCUT2D eigenvalue weighted by atomic mass is 9.56. The molecule has 17 nitrogen and oxygen atoms in total. The van der Waals surface area contributed by atoms with Gasteiger partial charge in [0.15, 0.2) is 23.2 Å².